The molecule has 0 radical (unpaired) electrons. The summed E-state index contributed by atoms with van der Waals surface area (Å²) >= 11 is 6.19. The molecule has 0 unspecified atom stereocenters. The van der Waals surface area contributed by atoms with Gasteiger partial charge in [0.15, 0.2) is 0 Å². The molecule has 0 aliphatic heterocycles. The molecule has 3 aromatic rings. The molecule has 0 bridgehead atoms. The lowest BCUT2D eigenvalue weighted by Crippen LogP contribution is -2.17. The van der Waals surface area contributed by atoms with E-state index in [1.165, 1.54) is 23.8 Å². The van der Waals surface area contributed by atoms with Crippen LogP contribution in [0.4, 0.5) is 11.4 Å². The van der Waals surface area contributed by atoms with E-state index in [-0.39, 0.29) is 15.5 Å². The predicted molar refractivity (Wildman–Crippen MR) is 131 cm³/mol. The number of hydrogen-bond donors (Lipinski definition) is 2. The number of rotatable bonds is 8. The summed E-state index contributed by atoms with van der Waals surface area (Å²) in [6.45, 7) is 5.90. The van der Waals surface area contributed by atoms with Crippen LogP contribution in [-0.2, 0) is 16.4 Å². The molecule has 0 fully saturated rings. The quantitative estimate of drug-likeness (QED) is 0.402. The van der Waals surface area contributed by atoms with Crippen LogP contribution < -0.4 is 10.0 Å². The van der Waals surface area contributed by atoms with Crippen LogP contribution in [0.15, 0.2) is 65.6 Å². The third kappa shape index (κ3) is 5.90. The van der Waals surface area contributed by atoms with E-state index in [0.717, 1.165) is 30.4 Å². The first-order valence-corrected chi connectivity index (χ1v) is 12.4. The Morgan fingerprint density at radius 1 is 0.969 bits per heavy atom. The highest BCUT2D eigenvalue weighted by atomic mass is 35.5. The van der Waals surface area contributed by atoms with Gasteiger partial charge in [-0.2, -0.15) is 0 Å². The Balaban J connectivity index is 1.80. The van der Waals surface area contributed by atoms with Gasteiger partial charge in [0.25, 0.3) is 15.9 Å². The average molecular weight is 471 g/mol. The monoisotopic (exact) mass is 470 g/mol. The second kappa shape index (κ2) is 10.2. The number of carbonyl (C=O) groups is 1. The van der Waals surface area contributed by atoms with E-state index in [1.54, 1.807) is 6.07 Å². The van der Waals surface area contributed by atoms with Gasteiger partial charge in [0.2, 0.25) is 0 Å². The zero-order chi connectivity index (χ0) is 23.3. The molecular formula is C25H27ClN2O3S. The Morgan fingerprint density at radius 3 is 2.34 bits per heavy atom. The number of sulfonamides is 1. The average Bonchev–Trinajstić information content (AvgIpc) is 2.75. The lowest BCUT2D eigenvalue weighted by molar-refractivity contribution is 0.102. The molecule has 0 aliphatic rings. The second-order valence-corrected chi connectivity index (χ2v) is 9.88. The number of carbonyl (C=O) groups excluding carboxylic acids is 1. The first kappa shape index (κ1) is 23.8. The van der Waals surface area contributed by atoms with Crippen molar-refractivity contribution in [2.45, 2.75) is 44.9 Å². The van der Waals surface area contributed by atoms with Crippen LogP contribution in [0.2, 0.25) is 5.02 Å². The van der Waals surface area contributed by atoms with Crippen molar-refractivity contribution < 1.29 is 13.2 Å². The minimum Gasteiger partial charge on any atom is -0.322 e. The number of unbranched alkanes of at least 4 members (excludes halogenated alkanes) is 1. The van der Waals surface area contributed by atoms with Crippen molar-refractivity contribution in [3.05, 3.63) is 87.9 Å². The van der Waals surface area contributed by atoms with E-state index in [9.17, 15) is 13.2 Å². The van der Waals surface area contributed by atoms with E-state index < -0.39 is 15.9 Å². The van der Waals surface area contributed by atoms with Crippen molar-refractivity contribution in [2.75, 3.05) is 10.0 Å². The lowest BCUT2D eigenvalue weighted by atomic mass is 10.1. The number of nitrogens with one attached hydrogen (secondary N) is 2. The molecule has 7 heteroatoms. The maximum atomic E-state index is 13.0. The molecule has 0 spiro atoms. The SMILES string of the molecule is CCCCc1ccc(NC(=O)c2ccc(Cl)c(S(=O)(=O)Nc3ccc(C)cc3C)c2)cc1. The molecule has 1 amide bonds. The first-order valence-electron chi connectivity index (χ1n) is 10.5. The van der Waals surface area contributed by atoms with Crippen LogP contribution in [-0.4, -0.2) is 14.3 Å². The fraction of sp³-hybridized carbons (Fsp3) is 0.240. The van der Waals surface area contributed by atoms with Crippen molar-refractivity contribution in [3.63, 3.8) is 0 Å². The van der Waals surface area contributed by atoms with Gasteiger partial charge >= 0.3 is 0 Å². The molecule has 3 aromatic carbocycles. The molecule has 168 valence electrons. The maximum absolute atomic E-state index is 13.0. The van der Waals surface area contributed by atoms with E-state index in [1.807, 2.05) is 50.2 Å². The van der Waals surface area contributed by atoms with Crippen molar-refractivity contribution in [1.82, 2.24) is 0 Å². The van der Waals surface area contributed by atoms with Crippen LogP contribution in [0, 0.1) is 13.8 Å². The molecule has 32 heavy (non-hydrogen) atoms. The fourth-order valence-corrected chi connectivity index (χ4v) is 4.97. The zero-order valence-electron chi connectivity index (χ0n) is 18.4. The third-order valence-electron chi connectivity index (χ3n) is 5.14. The molecule has 2 N–H and O–H groups in total. The smallest absolute Gasteiger partial charge is 0.263 e. The van der Waals surface area contributed by atoms with Gasteiger partial charge in [-0.05, 0) is 74.2 Å². The molecule has 0 saturated carbocycles. The standard InChI is InChI=1S/C25H27ClN2O3S/c1-4-5-6-19-8-11-21(12-9-19)27-25(29)20-10-13-22(26)24(16-20)32(30,31)28-23-14-7-17(2)15-18(23)3/h7-16,28H,4-6H2,1-3H3,(H,27,29). The molecular weight excluding hydrogens is 444 g/mol. The molecule has 0 atom stereocenters. The van der Waals surface area contributed by atoms with Gasteiger partial charge in [-0.1, -0.05) is 54.8 Å². The number of anilines is 2. The lowest BCUT2D eigenvalue weighted by Gasteiger charge is -2.13. The topological polar surface area (TPSA) is 75.3 Å². The molecule has 0 saturated heterocycles. The Morgan fingerprint density at radius 2 is 1.69 bits per heavy atom. The van der Waals surface area contributed by atoms with Crippen molar-refractivity contribution in [3.8, 4) is 0 Å². The van der Waals surface area contributed by atoms with Crippen LogP contribution >= 0.6 is 11.6 Å². The summed E-state index contributed by atoms with van der Waals surface area (Å²) in [5, 5.41) is 2.85. The summed E-state index contributed by atoms with van der Waals surface area (Å²) in [6.07, 6.45) is 3.24. The number of benzene rings is 3. The number of hydrogen-bond acceptors (Lipinski definition) is 3. The van der Waals surface area contributed by atoms with Crippen molar-refractivity contribution in [1.29, 1.82) is 0 Å². The number of amides is 1. The Kier molecular flexibility index (Phi) is 7.59. The van der Waals surface area contributed by atoms with E-state index in [0.29, 0.717) is 11.4 Å². The normalized spacial score (nSPS) is 11.2. The van der Waals surface area contributed by atoms with Gasteiger partial charge in [-0.3, -0.25) is 9.52 Å². The summed E-state index contributed by atoms with van der Waals surface area (Å²) < 4.78 is 28.5. The summed E-state index contributed by atoms with van der Waals surface area (Å²) in [4.78, 5) is 12.6. The first-order chi connectivity index (χ1) is 15.2. The molecule has 0 aliphatic carbocycles. The van der Waals surface area contributed by atoms with Crippen LogP contribution in [0.1, 0.15) is 46.8 Å². The molecule has 3 rings (SSSR count). The van der Waals surface area contributed by atoms with Crippen molar-refractivity contribution in [2.24, 2.45) is 0 Å². The highest BCUT2D eigenvalue weighted by molar-refractivity contribution is 7.92. The largest absolute Gasteiger partial charge is 0.322 e. The zero-order valence-corrected chi connectivity index (χ0v) is 20.0. The summed E-state index contributed by atoms with van der Waals surface area (Å²) in [6, 6.07) is 17.3. The van der Waals surface area contributed by atoms with Crippen LogP contribution in [0.25, 0.3) is 0 Å². The van der Waals surface area contributed by atoms with Gasteiger partial charge in [0.1, 0.15) is 4.90 Å². The molecule has 5 nitrogen and oxygen atoms in total. The van der Waals surface area contributed by atoms with Gasteiger partial charge in [-0.25, -0.2) is 8.42 Å². The number of halogens is 1. The Labute approximate surface area is 194 Å². The second-order valence-electron chi connectivity index (χ2n) is 7.82. The van der Waals surface area contributed by atoms with E-state index in [2.05, 4.69) is 17.0 Å². The minimum atomic E-state index is -3.98. The summed E-state index contributed by atoms with van der Waals surface area (Å²) in [5.41, 5.74) is 4.34. The highest BCUT2D eigenvalue weighted by Crippen LogP contribution is 2.27. The predicted octanol–water partition coefficient (Wildman–Crippen LogP) is 6.35. The van der Waals surface area contributed by atoms with Gasteiger partial charge in [-0.15, -0.1) is 0 Å². The highest BCUT2D eigenvalue weighted by Gasteiger charge is 2.21. The van der Waals surface area contributed by atoms with Gasteiger partial charge in [0.05, 0.1) is 10.7 Å². The third-order valence-corrected chi connectivity index (χ3v) is 6.99. The van der Waals surface area contributed by atoms with E-state index in [4.69, 9.17) is 11.6 Å². The van der Waals surface area contributed by atoms with E-state index >= 15 is 0 Å². The Bertz CT molecular complexity index is 1220. The number of aryl methyl sites for hydroxylation is 3. The van der Waals surface area contributed by atoms with Gasteiger partial charge in [0, 0.05) is 11.3 Å². The van der Waals surface area contributed by atoms with Crippen molar-refractivity contribution >= 4 is 38.9 Å². The van der Waals surface area contributed by atoms with Gasteiger partial charge < -0.3 is 5.32 Å². The summed E-state index contributed by atoms with van der Waals surface area (Å²) in [7, 11) is -3.98. The molecule has 0 heterocycles. The Hall–Kier alpha value is -2.83. The fourth-order valence-electron chi connectivity index (χ4n) is 3.32. The minimum absolute atomic E-state index is 0.0408. The van der Waals surface area contributed by atoms with Crippen LogP contribution in [0.5, 0.6) is 0 Å². The van der Waals surface area contributed by atoms with Crippen LogP contribution in [0.3, 0.4) is 0 Å². The summed E-state index contributed by atoms with van der Waals surface area (Å²) in [5.74, 6) is -0.411. The maximum Gasteiger partial charge on any atom is 0.263 e. The molecule has 0 aromatic heterocycles.